The van der Waals surface area contributed by atoms with Crippen molar-refractivity contribution in [2.24, 2.45) is 4.99 Å². The van der Waals surface area contributed by atoms with Gasteiger partial charge in [0.2, 0.25) is 5.91 Å². The number of fused-ring (bicyclic) bond motifs is 1. The van der Waals surface area contributed by atoms with Crippen LogP contribution >= 0.6 is 23.1 Å². The fourth-order valence-electron chi connectivity index (χ4n) is 4.07. The molecule has 8 heteroatoms. The molecule has 2 aromatic rings. The van der Waals surface area contributed by atoms with Gasteiger partial charge in [0, 0.05) is 17.1 Å². The van der Waals surface area contributed by atoms with Gasteiger partial charge in [0.15, 0.2) is 5.17 Å². The Kier molecular flexibility index (Phi) is 7.58. The predicted molar refractivity (Wildman–Crippen MR) is 138 cm³/mol. The molecular formula is C26H29N3O3S2. The Bertz CT molecular complexity index is 1170. The van der Waals surface area contributed by atoms with Crippen LogP contribution in [0.3, 0.4) is 0 Å². The van der Waals surface area contributed by atoms with E-state index in [1.54, 1.807) is 11.3 Å². The number of benzene rings is 1. The number of allylic oxidation sites excluding steroid dienone is 1. The zero-order chi connectivity index (χ0) is 24.2. The lowest BCUT2D eigenvalue weighted by molar-refractivity contribution is -0.143. The molecule has 1 unspecified atom stereocenters. The van der Waals surface area contributed by atoms with Gasteiger partial charge in [0.25, 0.3) is 0 Å². The van der Waals surface area contributed by atoms with Crippen LogP contribution in [0.4, 0.5) is 0 Å². The highest BCUT2D eigenvalue weighted by atomic mass is 32.2. The molecule has 4 rings (SSSR count). The second kappa shape index (κ2) is 10.6. The van der Waals surface area contributed by atoms with Gasteiger partial charge >= 0.3 is 5.97 Å². The Morgan fingerprint density at radius 1 is 1.21 bits per heavy atom. The molecule has 1 amide bonds. The SMILES string of the molecule is CC1=C(C(=O)OC(C)C)C(c2cccc(C)c2)N2C(CC(=O)NCCc3cccs3)=CSC2=N1. The van der Waals surface area contributed by atoms with Crippen LogP contribution in [0.1, 0.15) is 49.2 Å². The zero-order valence-electron chi connectivity index (χ0n) is 19.8. The summed E-state index contributed by atoms with van der Waals surface area (Å²) < 4.78 is 5.60. The van der Waals surface area contributed by atoms with Crippen LogP contribution in [0, 0.1) is 6.92 Å². The van der Waals surface area contributed by atoms with E-state index >= 15 is 0 Å². The third kappa shape index (κ3) is 5.45. The Balaban J connectivity index is 1.58. The molecule has 0 radical (unpaired) electrons. The molecule has 3 heterocycles. The van der Waals surface area contributed by atoms with E-state index < -0.39 is 6.04 Å². The molecule has 178 valence electrons. The van der Waals surface area contributed by atoms with Gasteiger partial charge < -0.3 is 15.0 Å². The lowest BCUT2D eigenvalue weighted by Gasteiger charge is -2.36. The molecule has 2 aliphatic rings. The Labute approximate surface area is 208 Å². The number of ether oxygens (including phenoxy) is 1. The summed E-state index contributed by atoms with van der Waals surface area (Å²) in [6, 6.07) is 11.8. The number of nitrogens with zero attached hydrogens (tertiary/aromatic N) is 2. The highest BCUT2D eigenvalue weighted by molar-refractivity contribution is 8.16. The Hall–Kier alpha value is -2.84. The lowest BCUT2D eigenvalue weighted by atomic mass is 9.93. The van der Waals surface area contributed by atoms with Crippen LogP contribution in [0.5, 0.6) is 0 Å². The maximum Gasteiger partial charge on any atom is 0.338 e. The third-order valence-corrected chi connectivity index (χ3v) is 7.36. The van der Waals surface area contributed by atoms with Crippen molar-refractivity contribution in [3.05, 3.63) is 80.2 Å². The van der Waals surface area contributed by atoms with E-state index in [0.717, 1.165) is 28.4 Å². The first-order valence-corrected chi connectivity index (χ1v) is 13.1. The molecule has 1 N–H and O–H groups in total. The van der Waals surface area contributed by atoms with Gasteiger partial charge in [-0.1, -0.05) is 47.7 Å². The molecule has 0 saturated heterocycles. The van der Waals surface area contributed by atoms with Gasteiger partial charge in [0.1, 0.15) is 0 Å². The topological polar surface area (TPSA) is 71.0 Å². The van der Waals surface area contributed by atoms with Crippen molar-refractivity contribution in [2.75, 3.05) is 6.54 Å². The number of carbonyl (C=O) groups excluding carboxylic acids is 2. The first-order valence-electron chi connectivity index (χ1n) is 11.3. The summed E-state index contributed by atoms with van der Waals surface area (Å²) in [6.07, 6.45) is 0.783. The highest BCUT2D eigenvalue weighted by Crippen LogP contribution is 2.45. The highest BCUT2D eigenvalue weighted by Gasteiger charge is 2.41. The number of rotatable bonds is 8. The van der Waals surface area contributed by atoms with Crippen molar-refractivity contribution in [3.8, 4) is 0 Å². The van der Waals surface area contributed by atoms with E-state index in [4.69, 9.17) is 9.73 Å². The number of nitrogens with one attached hydrogen (secondary N) is 1. The minimum absolute atomic E-state index is 0.0507. The van der Waals surface area contributed by atoms with Crippen LogP contribution < -0.4 is 5.32 Å². The second-order valence-corrected chi connectivity index (χ2v) is 10.5. The molecule has 0 spiro atoms. The zero-order valence-corrected chi connectivity index (χ0v) is 21.5. The summed E-state index contributed by atoms with van der Waals surface area (Å²) in [5, 5.41) is 7.80. The number of aliphatic imine (C=N–C) groups is 1. The quantitative estimate of drug-likeness (QED) is 0.501. The summed E-state index contributed by atoms with van der Waals surface area (Å²) in [5.41, 5.74) is 4.04. The van der Waals surface area contributed by atoms with Gasteiger partial charge in [-0.2, -0.15) is 0 Å². The number of thiophene rings is 1. The van der Waals surface area contributed by atoms with Crippen molar-refractivity contribution in [1.82, 2.24) is 10.2 Å². The fraction of sp³-hybridized carbons (Fsp3) is 0.346. The van der Waals surface area contributed by atoms with E-state index in [-0.39, 0.29) is 24.4 Å². The van der Waals surface area contributed by atoms with E-state index in [0.29, 0.717) is 17.8 Å². The number of aryl methyl sites for hydroxylation is 1. The monoisotopic (exact) mass is 495 g/mol. The molecule has 1 aromatic carbocycles. The molecule has 6 nitrogen and oxygen atoms in total. The van der Waals surface area contributed by atoms with Gasteiger partial charge in [0.05, 0.1) is 29.8 Å². The van der Waals surface area contributed by atoms with E-state index in [1.165, 1.54) is 16.6 Å². The first-order chi connectivity index (χ1) is 16.3. The number of hydrogen-bond acceptors (Lipinski definition) is 7. The van der Waals surface area contributed by atoms with Gasteiger partial charge in [-0.3, -0.25) is 4.79 Å². The molecule has 1 aromatic heterocycles. The van der Waals surface area contributed by atoms with E-state index in [2.05, 4.69) is 17.4 Å². The predicted octanol–water partition coefficient (Wildman–Crippen LogP) is 5.33. The minimum atomic E-state index is -0.404. The summed E-state index contributed by atoms with van der Waals surface area (Å²) >= 11 is 3.17. The molecular weight excluding hydrogens is 466 g/mol. The lowest BCUT2D eigenvalue weighted by Crippen LogP contribution is -2.38. The molecule has 0 saturated carbocycles. The number of thioether (sulfide) groups is 1. The standard InChI is InChI=1S/C26H29N3O3S2/c1-16(2)32-25(31)23-18(4)28-26-29(24(23)19-8-5-7-17(3)13-19)20(15-34-26)14-22(30)27-11-10-21-9-6-12-33-21/h5-9,12-13,15-16,24H,10-11,14H2,1-4H3,(H,27,30). The van der Waals surface area contributed by atoms with Crippen molar-refractivity contribution in [1.29, 1.82) is 0 Å². The normalized spacial score (nSPS) is 17.4. The first kappa shape index (κ1) is 24.3. The summed E-state index contributed by atoms with van der Waals surface area (Å²) in [6.45, 7) is 8.14. The number of amides is 1. The molecule has 34 heavy (non-hydrogen) atoms. The summed E-state index contributed by atoms with van der Waals surface area (Å²) in [5.74, 6) is -0.427. The number of carbonyl (C=O) groups is 2. The second-order valence-electron chi connectivity index (χ2n) is 8.62. The van der Waals surface area contributed by atoms with Crippen molar-refractivity contribution in [3.63, 3.8) is 0 Å². The average Bonchev–Trinajstić information content (AvgIpc) is 3.42. The van der Waals surface area contributed by atoms with Crippen molar-refractivity contribution in [2.45, 2.75) is 52.7 Å². The van der Waals surface area contributed by atoms with Crippen molar-refractivity contribution >= 4 is 40.1 Å². The van der Waals surface area contributed by atoms with Gasteiger partial charge in [-0.05, 0) is 56.5 Å². The van der Waals surface area contributed by atoms with Crippen LogP contribution in [-0.4, -0.2) is 34.6 Å². The number of amidine groups is 1. The van der Waals surface area contributed by atoms with Gasteiger partial charge in [-0.25, -0.2) is 9.79 Å². The fourth-order valence-corrected chi connectivity index (χ4v) is 5.74. The Morgan fingerprint density at radius 2 is 2.03 bits per heavy atom. The number of esters is 1. The molecule has 0 aliphatic carbocycles. The van der Waals surface area contributed by atoms with Crippen LogP contribution in [-0.2, 0) is 20.7 Å². The molecule has 0 bridgehead atoms. The molecule has 2 aliphatic heterocycles. The minimum Gasteiger partial charge on any atom is -0.459 e. The maximum atomic E-state index is 13.2. The van der Waals surface area contributed by atoms with Crippen LogP contribution in [0.2, 0.25) is 0 Å². The summed E-state index contributed by atoms with van der Waals surface area (Å²) in [4.78, 5) is 33.9. The van der Waals surface area contributed by atoms with E-state index in [1.807, 2.05) is 67.6 Å². The average molecular weight is 496 g/mol. The van der Waals surface area contributed by atoms with Crippen molar-refractivity contribution < 1.29 is 14.3 Å². The van der Waals surface area contributed by atoms with Gasteiger partial charge in [-0.15, -0.1) is 11.3 Å². The number of hydrogen-bond donors (Lipinski definition) is 1. The molecule has 1 atom stereocenters. The smallest absolute Gasteiger partial charge is 0.338 e. The third-order valence-electron chi connectivity index (χ3n) is 5.54. The van der Waals surface area contributed by atoms with E-state index in [9.17, 15) is 9.59 Å². The summed E-state index contributed by atoms with van der Waals surface area (Å²) in [7, 11) is 0. The maximum absolute atomic E-state index is 13.2. The van der Waals surface area contributed by atoms with Crippen LogP contribution in [0.25, 0.3) is 0 Å². The largest absolute Gasteiger partial charge is 0.459 e. The van der Waals surface area contributed by atoms with Crippen LogP contribution in [0.15, 0.2) is 69.1 Å². The Morgan fingerprint density at radius 3 is 2.74 bits per heavy atom. The molecule has 0 fully saturated rings.